The van der Waals surface area contributed by atoms with Gasteiger partial charge in [0.15, 0.2) is 0 Å². The van der Waals surface area contributed by atoms with E-state index in [1.165, 1.54) is 6.07 Å². The van der Waals surface area contributed by atoms with E-state index in [4.69, 9.17) is 5.26 Å². The number of benzene rings is 2. The van der Waals surface area contributed by atoms with E-state index in [-0.39, 0.29) is 10.2 Å². The van der Waals surface area contributed by atoms with Gasteiger partial charge in [-0.2, -0.15) is 5.26 Å². The lowest BCUT2D eigenvalue weighted by molar-refractivity contribution is 0.580. The highest BCUT2D eigenvalue weighted by Gasteiger charge is 2.08. The molecule has 2 aromatic rings. The highest BCUT2D eigenvalue weighted by Crippen LogP contribution is 2.24. The van der Waals surface area contributed by atoms with Crippen LogP contribution in [0, 0.1) is 29.9 Å². The van der Waals surface area contributed by atoms with Crippen molar-refractivity contribution in [2.75, 3.05) is 5.32 Å². The maximum Gasteiger partial charge on any atom is 0.149 e. The molecule has 0 aliphatic heterocycles. The van der Waals surface area contributed by atoms with E-state index in [2.05, 4.69) is 27.3 Å². The van der Waals surface area contributed by atoms with Crippen LogP contribution >= 0.6 is 15.9 Å². The fraction of sp³-hybridized carbons (Fsp3) is 0.133. The normalized spacial score (nSPS) is 10.2. The average Bonchev–Trinajstić information content (AvgIpc) is 2.42. The number of aryl methyl sites for hydroxylation is 1. The van der Waals surface area contributed by atoms with Gasteiger partial charge < -0.3 is 5.32 Å². The smallest absolute Gasteiger partial charge is 0.149 e. The molecule has 0 unspecified atom stereocenters. The second-order valence-corrected chi connectivity index (χ2v) is 5.21. The van der Waals surface area contributed by atoms with Crippen LogP contribution in [0.1, 0.15) is 16.7 Å². The standard InChI is InChI=1S/C15H11BrF2N2/c1-9-4-10(7-19)2-3-11(9)8-20-15-5-12(16)13(17)6-14(15)18/h2-6,20H,8H2,1H3. The second-order valence-electron chi connectivity index (χ2n) is 4.35. The topological polar surface area (TPSA) is 35.8 Å². The van der Waals surface area contributed by atoms with E-state index in [0.29, 0.717) is 12.1 Å². The quantitative estimate of drug-likeness (QED) is 0.836. The Morgan fingerprint density at radius 1 is 1.20 bits per heavy atom. The van der Waals surface area contributed by atoms with Crippen molar-refractivity contribution in [1.82, 2.24) is 0 Å². The molecule has 0 radical (unpaired) electrons. The number of hydrogen-bond donors (Lipinski definition) is 1. The van der Waals surface area contributed by atoms with Crippen LogP contribution in [0.25, 0.3) is 0 Å². The maximum absolute atomic E-state index is 13.6. The van der Waals surface area contributed by atoms with Crippen molar-refractivity contribution in [2.45, 2.75) is 13.5 Å². The number of nitrogens with zero attached hydrogens (tertiary/aromatic N) is 1. The summed E-state index contributed by atoms with van der Waals surface area (Å²) in [5.74, 6) is -1.28. The Morgan fingerprint density at radius 2 is 1.95 bits per heavy atom. The zero-order chi connectivity index (χ0) is 14.7. The van der Waals surface area contributed by atoms with Crippen LogP contribution in [0.4, 0.5) is 14.5 Å². The highest BCUT2D eigenvalue weighted by atomic mass is 79.9. The molecule has 0 bridgehead atoms. The summed E-state index contributed by atoms with van der Waals surface area (Å²) in [4.78, 5) is 0. The lowest BCUT2D eigenvalue weighted by Crippen LogP contribution is -2.04. The Kier molecular flexibility index (Phi) is 4.35. The van der Waals surface area contributed by atoms with Gasteiger partial charge in [0.05, 0.1) is 21.8 Å². The van der Waals surface area contributed by atoms with E-state index in [0.717, 1.165) is 17.2 Å². The Bertz CT molecular complexity index is 693. The van der Waals surface area contributed by atoms with Crippen LogP contribution in [0.5, 0.6) is 0 Å². The first-order valence-corrected chi connectivity index (χ1v) is 6.68. The van der Waals surface area contributed by atoms with E-state index < -0.39 is 11.6 Å². The van der Waals surface area contributed by atoms with Gasteiger partial charge in [-0.25, -0.2) is 8.78 Å². The van der Waals surface area contributed by atoms with Crippen molar-refractivity contribution in [3.8, 4) is 6.07 Å². The summed E-state index contributed by atoms with van der Waals surface area (Å²) in [5, 5.41) is 11.7. The molecule has 0 amide bonds. The van der Waals surface area contributed by atoms with Crippen molar-refractivity contribution >= 4 is 21.6 Å². The van der Waals surface area contributed by atoms with Crippen LogP contribution in [0.3, 0.4) is 0 Å². The largest absolute Gasteiger partial charge is 0.379 e. The van der Waals surface area contributed by atoms with Gasteiger partial charge in [0.2, 0.25) is 0 Å². The number of hydrogen-bond acceptors (Lipinski definition) is 2. The molecule has 2 nitrogen and oxygen atoms in total. The van der Waals surface area contributed by atoms with E-state index in [1.807, 2.05) is 13.0 Å². The molecule has 0 heterocycles. The second kappa shape index (κ2) is 6.02. The molecule has 0 fully saturated rings. The summed E-state index contributed by atoms with van der Waals surface area (Å²) in [6.07, 6.45) is 0. The van der Waals surface area contributed by atoms with Crippen molar-refractivity contribution in [1.29, 1.82) is 5.26 Å². The predicted octanol–water partition coefficient (Wildman–Crippen LogP) is 4.52. The lowest BCUT2D eigenvalue weighted by atomic mass is 10.1. The number of anilines is 1. The number of halogens is 3. The minimum Gasteiger partial charge on any atom is -0.379 e. The van der Waals surface area contributed by atoms with Gasteiger partial charge in [0.1, 0.15) is 11.6 Å². The van der Waals surface area contributed by atoms with Crippen LogP contribution in [0.2, 0.25) is 0 Å². The molecule has 2 rings (SSSR count). The number of nitrogens with one attached hydrogen (secondary N) is 1. The van der Waals surface area contributed by atoms with E-state index in [9.17, 15) is 8.78 Å². The molecular weight excluding hydrogens is 326 g/mol. The molecule has 2 aromatic carbocycles. The molecule has 0 saturated heterocycles. The first-order valence-electron chi connectivity index (χ1n) is 5.89. The summed E-state index contributed by atoms with van der Waals surface area (Å²) in [5.41, 5.74) is 2.70. The van der Waals surface area contributed by atoms with Gasteiger partial charge in [0.25, 0.3) is 0 Å². The first kappa shape index (κ1) is 14.5. The summed E-state index contributed by atoms with van der Waals surface area (Å²) >= 11 is 3.02. The fourth-order valence-corrected chi connectivity index (χ4v) is 2.16. The van der Waals surface area contributed by atoms with Gasteiger partial charge in [0, 0.05) is 12.6 Å². The first-order chi connectivity index (χ1) is 9.51. The molecule has 0 aliphatic carbocycles. The van der Waals surface area contributed by atoms with Gasteiger partial charge in [-0.05, 0) is 52.2 Å². The Morgan fingerprint density at radius 3 is 2.60 bits per heavy atom. The zero-order valence-corrected chi connectivity index (χ0v) is 12.3. The molecular formula is C15H11BrF2N2. The molecule has 0 aromatic heterocycles. The monoisotopic (exact) mass is 336 g/mol. The molecule has 0 aliphatic rings. The molecule has 20 heavy (non-hydrogen) atoms. The van der Waals surface area contributed by atoms with Crippen molar-refractivity contribution < 1.29 is 8.78 Å². The van der Waals surface area contributed by atoms with Gasteiger partial charge in [-0.1, -0.05) is 6.07 Å². The third-order valence-electron chi connectivity index (χ3n) is 2.95. The van der Waals surface area contributed by atoms with E-state index in [1.54, 1.807) is 12.1 Å². The molecule has 0 spiro atoms. The van der Waals surface area contributed by atoms with Crippen LogP contribution in [-0.4, -0.2) is 0 Å². The summed E-state index contributed by atoms with van der Waals surface area (Å²) in [6, 6.07) is 9.56. The van der Waals surface area contributed by atoms with Gasteiger partial charge in [-0.3, -0.25) is 0 Å². The molecule has 5 heteroatoms. The van der Waals surface area contributed by atoms with Crippen molar-refractivity contribution in [3.05, 3.63) is 63.1 Å². The minimum atomic E-state index is -0.642. The third kappa shape index (κ3) is 3.14. The van der Waals surface area contributed by atoms with Crippen molar-refractivity contribution in [2.24, 2.45) is 0 Å². The number of rotatable bonds is 3. The number of nitriles is 1. The molecule has 0 atom stereocenters. The third-order valence-corrected chi connectivity index (χ3v) is 3.56. The predicted molar refractivity (Wildman–Crippen MR) is 77.3 cm³/mol. The van der Waals surface area contributed by atoms with Crippen LogP contribution < -0.4 is 5.32 Å². The Balaban J connectivity index is 2.17. The lowest BCUT2D eigenvalue weighted by Gasteiger charge is -2.11. The Hall–Kier alpha value is -1.93. The SMILES string of the molecule is Cc1cc(C#N)ccc1CNc1cc(Br)c(F)cc1F. The van der Waals surface area contributed by atoms with Gasteiger partial charge in [-0.15, -0.1) is 0 Å². The Labute approximate surface area is 124 Å². The van der Waals surface area contributed by atoms with Gasteiger partial charge >= 0.3 is 0 Å². The van der Waals surface area contributed by atoms with Crippen LogP contribution in [0.15, 0.2) is 34.8 Å². The summed E-state index contributed by atoms with van der Waals surface area (Å²) in [7, 11) is 0. The minimum absolute atomic E-state index is 0.206. The van der Waals surface area contributed by atoms with Crippen LogP contribution in [-0.2, 0) is 6.54 Å². The van der Waals surface area contributed by atoms with Crippen molar-refractivity contribution in [3.63, 3.8) is 0 Å². The zero-order valence-electron chi connectivity index (χ0n) is 10.7. The molecule has 0 saturated carbocycles. The van der Waals surface area contributed by atoms with E-state index >= 15 is 0 Å². The molecule has 1 N–H and O–H groups in total. The fourth-order valence-electron chi connectivity index (χ4n) is 1.81. The highest BCUT2D eigenvalue weighted by molar-refractivity contribution is 9.10. The molecule has 102 valence electrons. The average molecular weight is 337 g/mol. The summed E-state index contributed by atoms with van der Waals surface area (Å²) < 4.78 is 26.9. The maximum atomic E-state index is 13.6. The summed E-state index contributed by atoms with van der Waals surface area (Å²) in [6.45, 7) is 2.28.